The van der Waals surface area contributed by atoms with Gasteiger partial charge in [-0.05, 0) is 24.3 Å². The van der Waals surface area contributed by atoms with Gasteiger partial charge in [-0.25, -0.2) is 0 Å². The molecule has 1 aromatic heterocycles. The zero-order valence-electron chi connectivity index (χ0n) is 15.6. The van der Waals surface area contributed by atoms with Crippen LogP contribution in [0.15, 0.2) is 22.5 Å². The van der Waals surface area contributed by atoms with Gasteiger partial charge in [-0.1, -0.05) is 26.8 Å². The van der Waals surface area contributed by atoms with Gasteiger partial charge in [0, 0.05) is 49.4 Å². The van der Waals surface area contributed by atoms with E-state index in [2.05, 4.69) is 40.1 Å². The van der Waals surface area contributed by atoms with E-state index in [0.717, 1.165) is 38.4 Å². The number of hydrogen-bond acceptors (Lipinski definition) is 3. The Bertz CT molecular complexity index is 539. The summed E-state index contributed by atoms with van der Waals surface area (Å²) >= 11 is 1.79. The van der Waals surface area contributed by atoms with Crippen molar-refractivity contribution in [2.75, 3.05) is 26.7 Å². The molecule has 1 saturated heterocycles. The molecule has 0 saturated carbocycles. The molecule has 0 aromatic carbocycles. The molecule has 1 aliphatic rings. The number of rotatable bonds is 5. The Kier molecular flexibility index (Phi) is 9.78. The topological polar surface area (TPSA) is 56.7 Å². The summed E-state index contributed by atoms with van der Waals surface area (Å²) in [5.74, 6) is 1.67. The third-order valence-electron chi connectivity index (χ3n) is 4.47. The fraction of sp³-hybridized carbons (Fsp3) is 0.667. The third kappa shape index (κ3) is 6.77. The van der Waals surface area contributed by atoms with E-state index >= 15 is 0 Å². The highest BCUT2D eigenvalue weighted by atomic mass is 127. The number of nitrogens with one attached hydrogen (secondary N) is 2. The molecule has 1 aromatic rings. The van der Waals surface area contributed by atoms with Crippen LogP contribution in [0.2, 0.25) is 0 Å². The molecule has 1 atom stereocenters. The summed E-state index contributed by atoms with van der Waals surface area (Å²) in [6.45, 7) is 8.68. The maximum Gasteiger partial charge on any atom is 0.225 e. The van der Waals surface area contributed by atoms with Crippen molar-refractivity contribution >= 4 is 47.2 Å². The van der Waals surface area contributed by atoms with E-state index in [9.17, 15) is 4.79 Å². The second kappa shape index (κ2) is 11.0. The highest BCUT2D eigenvalue weighted by molar-refractivity contribution is 14.0. The molecule has 2 N–H and O–H groups in total. The fourth-order valence-electron chi connectivity index (χ4n) is 2.92. The van der Waals surface area contributed by atoms with Crippen molar-refractivity contribution in [3.05, 3.63) is 22.4 Å². The van der Waals surface area contributed by atoms with E-state index in [1.165, 1.54) is 4.88 Å². The first-order valence-electron chi connectivity index (χ1n) is 8.80. The first-order valence-corrected chi connectivity index (χ1v) is 9.68. The number of carbonyl (C=O) groups is 1. The van der Waals surface area contributed by atoms with Crippen LogP contribution in [0.3, 0.4) is 0 Å². The summed E-state index contributed by atoms with van der Waals surface area (Å²) in [6, 6.07) is 4.65. The van der Waals surface area contributed by atoms with Crippen molar-refractivity contribution in [3.63, 3.8) is 0 Å². The Balaban J connectivity index is 0.00000312. The molecule has 0 radical (unpaired) electrons. The standard InChI is InChI=1S/C18H30N4OS.HI/c1-13(2)17(23)22-9-7-15(8-10-22)21-18(19-4)20-12-14(3)16-6-5-11-24-16;/h5-6,11,13-15H,7-10,12H2,1-4H3,(H2,19,20,21);1H. The number of likely N-dealkylation sites (tertiary alicyclic amines) is 1. The molecule has 2 heterocycles. The smallest absolute Gasteiger partial charge is 0.225 e. The molecule has 1 amide bonds. The zero-order chi connectivity index (χ0) is 17.5. The van der Waals surface area contributed by atoms with E-state index in [4.69, 9.17) is 0 Å². The molecule has 0 aliphatic carbocycles. The van der Waals surface area contributed by atoms with Gasteiger partial charge >= 0.3 is 0 Å². The minimum atomic E-state index is 0. The van der Waals surface area contributed by atoms with Crippen molar-refractivity contribution in [1.29, 1.82) is 0 Å². The van der Waals surface area contributed by atoms with Crippen LogP contribution in [-0.2, 0) is 4.79 Å². The van der Waals surface area contributed by atoms with Gasteiger partial charge in [0.05, 0.1) is 0 Å². The van der Waals surface area contributed by atoms with Crippen LogP contribution in [0, 0.1) is 5.92 Å². The van der Waals surface area contributed by atoms with Gasteiger partial charge in [0.1, 0.15) is 0 Å². The zero-order valence-corrected chi connectivity index (χ0v) is 18.8. The summed E-state index contributed by atoms with van der Waals surface area (Å²) < 4.78 is 0. The van der Waals surface area contributed by atoms with Gasteiger partial charge < -0.3 is 15.5 Å². The molecule has 142 valence electrons. The Hall–Kier alpha value is -0.830. The molecule has 25 heavy (non-hydrogen) atoms. The summed E-state index contributed by atoms with van der Waals surface area (Å²) in [5.41, 5.74) is 0. The number of carbonyl (C=O) groups excluding carboxylic acids is 1. The maximum absolute atomic E-state index is 12.0. The number of hydrogen-bond donors (Lipinski definition) is 2. The molecular formula is C18H31IN4OS. The van der Waals surface area contributed by atoms with Gasteiger partial charge in [-0.2, -0.15) is 0 Å². The molecular weight excluding hydrogens is 447 g/mol. The van der Waals surface area contributed by atoms with Crippen molar-refractivity contribution in [1.82, 2.24) is 15.5 Å². The lowest BCUT2D eigenvalue weighted by Gasteiger charge is -2.34. The molecule has 1 aliphatic heterocycles. The van der Waals surface area contributed by atoms with Crippen LogP contribution in [0.5, 0.6) is 0 Å². The lowest BCUT2D eigenvalue weighted by Crippen LogP contribution is -2.50. The van der Waals surface area contributed by atoms with E-state index in [0.29, 0.717) is 12.0 Å². The number of amides is 1. The van der Waals surface area contributed by atoms with Crippen LogP contribution in [0.4, 0.5) is 0 Å². The monoisotopic (exact) mass is 478 g/mol. The van der Waals surface area contributed by atoms with Crippen molar-refractivity contribution in [2.24, 2.45) is 10.9 Å². The molecule has 2 rings (SSSR count). The highest BCUT2D eigenvalue weighted by Crippen LogP contribution is 2.19. The normalized spacial score (nSPS) is 17.2. The number of nitrogens with zero attached hydrogens (tertiary/aromatic N) is 2. The molecule has 0 spiro atoms. The number of guanidine groups is 1. The van der Waals surface area contributed by atoms with Crippen LogP contribution in [0.1, 0.15) is 44.4 Å². The van der Waals surface area contributed by atoms with Gasteiger partial charge in [-0.15, -0.1) is 35.3 Å². The van der Waals surface area contributed by atoms with Gasteiger partial charge in [0.2, 0.25) is 5.91 Å². The van der Waals surface area contributed by atoms with Crippen LogP contribution >= 0.6 is 35.3 Å². The summed E-state index contributed by atoms with van der Waals surface area (Å²) in [6.07, 6.45) is 1.94. The minimum Gasteiger partial charge on any atom is -0.356 e. The van der Waals surface area contributed by atoms with Gasteiger partial charge in [0.15, 0.2) is 5.96 Å². The minimum absolute atomic E-state index is 0. The lowest BCUT2D eigenvalue weighted by molar-refractivity contribution is -0.135. The Morgan fingerprint density at radius 3 is 2.56 bits per heavy atom. The molecule has 0 bridgehead atoms. The van der Waals surface area contributed by atoms with Gasteiger partial charge in [0.25, 0.3) is 0 Å². The third-order valence-corrected chi connectivity index (χ3v) is 5.57. The highest BCUT2D eigenvalue weighted by Gasteiger charge is 2.24. The molecule has 1 fully saturated rings. The summed E-state index contributed by atoms with van der Waals surface area (Å²) in [4.78, 5) is 19.7. The maximum atomic E-state index is 12.0. The molecule has 7 heteroatoms. The second-order valence-electron chi connectivity index (χ2n) is 6.77. The van der Waals surface area contributed by atoms with E-state index in [-0.39, 0.29) is 35.8 Å². The predicted molar refractivity (Wildman–Crippen MR) is 117 cm³/mol. The van der Waals surface area contributed by atoms with E-state index in [1.54, 1.807) is 11.3 Å². The SMILES string of the molecule is CN=C(NCC(C)c1cccs1)NC1CCN(C(=O)C(C)C)CC1.I. The Morgan fingerprint density at radius 2 is 2.04 bits per heavy atom. The Labute approximate surface area is 172 Å². The first-order chi connectivity index (χ1) is 11.5. The van der Waals surface area contributed by atoms with E-state index in [1.807, 2.05) is 25.8 Å². The van der Waals surface area contributed by atoms with E-state index < -0.39 is 0 Å². The number of halogens is 1. The fourth-order valence-corrected chi connectivity index (χ4v) is 3.71. The van der Waals surface area contributed by atoms with Crippen LogP contribution < -0.4 is 10.6 Å². The quantitative estimate of drug-likeness (QED) is 0.388. The van der Waals surface area contributed by atoms with Crippen LogP contribution in [0.25, 0.3) is 0 Å². The summed E-state index contributed by atoms with van der Waals surface area (Å²) in [7, 11) is 1.81. The van der Waals surface area contributed by atoms with Crippen molar-refractivity contribution in [3.8, 4) is 0 Å². The first kappa shape index (κ1) is 22.2. The average molecular weight is 478 g/mol. The van der Waals surface area contributed by atoms with Crippen molar-refractivity contribution < 1.29 is 4.79 Å². The number of aliphatic imine (C=N–C) groups is 1. The molecule has 1 unspecified atom stereocenters. The average Bonchev–Trinajstić information content (AvgIpc) is 3.12. The predicted octanol–water partition coefficient (Wildman–Crippen LogP) is 3.28. The second-order valence-corrected chi connectivity index (χ2v) is 7.75. The van der Waals surface area contributed by atoms with Gasteiger partial charge in [-0.3, -0.25) is 9.79 Å². The Morgan fingerprint density at radius 1 is 1.36 bits per heavy atom. The lowest BCUT2D eigenvalue weighted by atomic mass is 10.0. The largest absolute Gasteiger partial charge is 0.356 e. The van der Waals surface area contributed by atoms with Crippen molar-refractivity contribution in [2.45, 2.75) is 45.6 Å². The summed E-state index contributed by atoms with van der Waals surface area (Å²) in [5, 5.41) is 9.04. The number of thiophene rings is 1. The van der Waals surface area contributed by atoms with Crippen LogP contribution in [-0.4, -0.2) is 49.5 Å². The number of piperidine rings is 1. The molecule has 5 nitrogen and oxygen atoms in total.